The third-order valence-corrected chi connectivity index (χ3v) is 4.26. The number of hydrogen-bond acceptors (Lipinski definition) is 4. The molecule has 5 nitrogen and oxygen atoms in total. The van der Waals surface area contributed by atoms with Gasteiger partial charge in [-0.1, -0.05) is 44.2 Å². The summed E-state index contributed by atoms with van der Waals surface area (Å²) < 4.78 is 1.64. The molecule has 2 heterocycles. The third-order valence-electron chi connectivity index (χ3n) is 4.26. The molecular weight excluding hydrogens is 300 g/mol. The molecule has 128 valence electrons. The molecule has 0 saturated carbocycles. The summed E-state index contributed by atoms with van der Waals surface area (Å²) in [7, 11) is 0. The Hall–Kier alpha value is -1.98. The van der Waals surface area contributed by atoms with Crippen LogP contribution in [0, 0.1) is 5.92 Å². The molecular formula is C19H26N4O. The molecule has 1 N–H and O–H groups in total. The summed E-state index contributed by atoms with van der Waals surface area (Å²) >= 11 is 0. The number of aromatic nitrogens is 2. The highest BCUT2D eigenvalue weighted by Crippen LogP contribution is 2.17. The first-order valence-electron chi connectivity index (χ1n) is 8.73. The Morgan fingerprint density at radius 2 is 1.88 bits per heavy atom. The van der Waals surface area contributed by atoms with Gasteiger partial charge in [-0.15, -0.1) is 0 Å². The molecule has 24 heavy (non-hydrogen) atoms. The van der Waals surface area contributed by atoms with E-state index < -0.39 is 0 Å². The van der Waals surface area contributed by atoms with Crippen LogP contribution in [0.25, 0.3) is 11.3 Å². The van der Waals surface area contributed by atoms with Gasteiger partial charge in [0.15, 0.2) is 0 Å². The maximum absolute atomic E-state index is 12.8. The fourth-order valence-corrected chi connectivity index (χ4v) is 3.04. The van der Waals surface area contributed by atoms with Crippen molar-refractivity contribution >= 4 is 0 Å². The van der Waals surface area contributed by atoms with Crippen molar-refractivity contribution in [3.63, 3.8) is 0 Å². The first-order valence-corrected chi connectivity index (χ1v) is 8.73. The van der Waals surface area contributed by atoms with Crippen LogP contribution in [0.5, 0.6) is 0 Å². The highest BCUT2D eigenvalue weighted by atomic mass is 16.1. The average molecular weight is 326 g/mol. The quantitative estimate of drug-likeness (QED) is 0.913. The van der Waals surface area contributed by atoms with E-state index in [0.717, 1.165) is 43.0 Å². The molecule has 2 aromatic rings. The van der Waals surface area contributed by atoms with E-state index in [1.807, 2.05) is 36.4 Å². The zero-order valence-corrected chi connectivity index (χ0v) is 14.5. The van der Waals surface area contributed by atoms with Gasteiger partial charge in [0.25, 0.3) is 5.56 Å². The zero-order chi connectivity index (χ0) is 16.9. The summed E-state index contributed by atoms with van der Waals surface area (Å²) in [5, 5.41) is 7.96. The van der Waals surface area contributed by atoms with Gasteiger partial charge in [0.1, 0.15) is 0 Å². The summed E-state index contributed by atoms with van der Waals surface area (Å²) in [6, 6.07) is 12.1. The Balaban J connectivity index is 1.97. The minimum atomic E-state index is 0.0434. The van der Waals surface area contributed by atoms with Gasteiger partial charge < -0.3 is 5.32 Å². The summed E-state index contributed by atoms with van der Waals surface area (Å²) in [6.45, 7) is 9.49. The number of benzene rings is 1. The second-order valence-electron chi connectivity index (χ2n) is 6.83. The van der Waals surface area contributed by atoms with E-state index in [2.05, 4.69) is 29.2 Å². The second-order valence-corrected chi connectivity index (χ2v) is 6.83. The van der Waals surface area contributed by atoms with Crippen molar-refractivity contribution in [3.8, 4) is 11.3 Å². The molecule has 1 fully saturated rings. The molecule has 0 unspecified atom stereocenters. The van der Waals surface area contributed by atoms with Crippen LogP contribution in [0.15, 0.2) is 41.2 Å². The van der Waals surface area contributed by atoms with E-state index in [1.165, 1.54) is 0 Å². The SMILES string of the molecule is CC(C)Cn1nc(-c2ccccc2)cc(CN2CCNCC2)c1=O. The average Bonchev–Trinajstić information content (AvgIpc) is 2.59. The molecule has 3 rings (SSSR count). The second kappa shape index (κ2) is 7.73. The van der Waals surface area contributed by atoms with E-state index in [4.69, 9.17) is 0 Å². The monoisotopic (exact) mass is 326 g/mol. The molecule has 0 amide bonds. The number of rotatable bonds is 5. The van der Waals surface area contributed by atoms with Gasteiger partial charge in [-0.05, 0) is 12.0 Å². The van der Waals surface area contributed by atoms with Crippen LogP contribution in [-0.2, 0) is 13.1 Å². The number of nitrogens with one attached hydrogen (secondary N) is 1. The third kappa shape index (κ3) is 4.10. The van der Waals surface area contributed by atoms with Crippen molar-refractivity contribution in [2.45, 2.75) is 26.9 Å². The summed E-state index contributed by atoms with van der Waals surface area (Å²) in [5.41, 5.74) is 2.81. The Labute approximate surface area is 143 Å². The maximum atomic E-state index is 12.8. The fourth-order valence-electron chi connectivity index (χ4n) is 3.04. The lowest BCUT2D eigenvalue weighted by Gasteiger charge is -2.27. The molecule has 0 spiro atoms. The van der Waals surface area contributed by atoms with Crippen molar-refractivity contribution in [1.29, 1.82) is 0 Å². The normalized spacial score (nSPS) is 15.8. The Bertz CT molecular complexity index is 718. The molecule has 1 aromatic carbocycles. The molecule has 0 aliphatic carbocycles. The molecule has 0 atom stereocenters. The molecule has 5 heteroatoms. The number of piperazine rings is 1. The van der Waals surface area contributed by atoms with Gasteiger partial charge in [-0.3, -0.25) is 9.69 Å². The first kappa shape index (κ1) is 16.9. The largest absolute Gasteiger partial charge is 0.314 e. The van der Waals surface area contributed by atoms with Crippen LogP contribution in [0.1, 0.15) is 19.4 Å². The summed E-state index contributed by atoms with van der Waals surface area (Å²) in [4.78, 5) is 15.2. The molecule has 1 aromatic heterocycles. The lowest BCUT2D eigenvalue weighted by atomic mass is 10.1. The lowest BCUT2D eigenvalue weighted by Crippen LogP contribution is -2.44. The first-order chi connectivity index (χ1) is 11.6. The van der Waals surface area contributed by atoms with Gasteiger partial charge >= 0.3 is 0 Å². The Morgan fingerprint density at radius 3 is 2.54 bits per heavy atom. The minimum Gasteiger partial charge on any atom is -0.314 e. The van der Waals surface area contributed by atoms with Crippen molar-refractivity contribution < 1.29 is 0 Å². The van der Waals surface area contributed by atoms with E-state index in [9.17, 15) is 4.79 Å². The van der Waals surface area contributed by atoms with E-state index >= 15 is 0 Å². The highest BCUT2D eigenvalue weighted by molar-refractivity contribution is 5.58. The van der Waals surface area contributed by atoms with Crippen molar-refractivity contribution in [1.82, 2.24) is 20.0 Å². The topological polar surface area (TPSA) is 50.2 Å². The van der Waals surface area contributed by atoms with Gasteiger partial charge in [0, 0.05) is 50.4 Å². The number of nitrogens with zero attached hydrogens (tertiary/aromatic N) is 3. The smallest absolute Gasteiger partial charge is 0.271 e. The minimum absolute atomic E-state index is 0.0434. The van der Waals surface area contributed by atoms with E-state index in [-0.39, 0.29) is 5.56 Å². The molecule has 0 radical (unpaired) electrons. The van der Waals surface area contributed by atoms with Crippen LogP contribution >= 0.6 is 0 Å². The van der Waals surface area contributed by atoms with Crippen molar-refractivity contribution in [3.05, 3.63) is 52.3 Å². The van der Waals surface area contributed by atoms with Gasteiger partial charge in [0.05, 0.1) is 5.69 Å². The molecule has 1 aliphatic heterocycles. The van der Waals surface area contributed by atoms with E-state index in [1.54, 1.807) is 4.68 Å². The van der Waals surface area contributed by atoms with Gasteiger partial charge in [-0.2, -0.15) is 5.10 Å². The predicted molar refractivity (Wildman–Crippen MR) is 96.9 cm³/mol. The van der Waals surface area contributed by atoms with Crippen LogP contribution in [-0.4, -0.2) is 40.9 Å². The van der Waals surface area contributed by atoms with Gasteiger partial charge in [0.2, 0.25) is 0 Å². The highest BCUT2D eigenvalue weighted by Gasteiger charge is 2.16. The Kier molecular flexibility index (Phi) is 5.43. The summed E-state index contributed by atoms with van der Waals surface area (Å²) in [6.07, 6.45) is 0. The summed E-state index contributed by atoms with van der Waals surface area (Å²) in [5.74, 6) is 0.383. The molecule has 0 bridgehead atoms. The van der Waals surface area contributed by atoms with Crippen LogP contribution < -0.4 is 10.9 Å². The van der Waals surface area contributed by atoms with Crippen molar-refractivity contribution in [2.75, 3.05) is 26.2 Å². The molecule has 1 aliphatic rings. The van der Waals surface area contributed by atoms with Crippen LogP contribution in [0.2, 0.25) is 0 Å². The standard InChI is InChI=1S/C19H26N4O/c1-15(2)13-23-19(24)17(14-22-10-8-20-9-11-22)12-18(21-23)16-6-4-3-5-7-16/h3-7,12,15,20H,8-11,13-14H2,1-2H3. The van der Waals surface area contributed by atoms with Gasteiger partial charge in [-0.25, -0.2) is 4.68 Å². The van der Waals surface area contributed by atoms with Crippen LogP contribution in [0.3, 0.4) is 0 Å². The van der Waals surface area contributed by atoms with Crippen LogP contribution in [0.4, 0.5) is 0 Å². The molecule has 1 saturated heterocycles. The van der Waals surface area contributed by atoms with Crippen molar-refractivity contribution in [2.24, 2.45) is 5.92 Å². The zero-order valence-electron chi connectivity index (χ0n) is 14.5. The Morgan fingerprint density at radius 1 is 1.17 bits per heavy atom. The number of hydrogen-bond donors (Lipinski definition) is 1. The lowest BCUT2D eigenvalue weighted by molar-refractivity contribution is 0.231. The predicted octanol–water partition coefficient (Wildman–Crippen LogP) is 1.97. The fraction of sp³-hybridized carbons (Fsp3) is 0.474. The maximum Gasteiger partial charge on any atom is 0.271 e. The van der Waals surface area contributed by atoms with E-state index in [0.29, 0.717) is 19.0 Å².